The molecule has 26 heavy (non-hydrogen) atoms. The molecule has 2 heteroatoms. The molecule has 2 aromatic carbocycles. The van der Waals surface area contributed by atoms with Gasteiger partial charge in [0.15, 0.2) is 0 Å². The molecule has 0 spiro atoms. The fourth-order valence-corrected chi connectivity index (χ4v) is 5.65. The molecule has 0 unspecified atom stereocenters. The second-order valence-corrected chi connectivity index (χ2v) is 8.73. The van der Waals surface area contributed by atoms with Crippen molar-refractivity contribution in [1.82, 2.24) is 0 Å². The summed E-state index contributed by atoms with van der Waals surface area (Å²) in [6.45, 7) is 6.85. The van der Waals surface area contributed by atoms with Gasteiger partial charge in [-0.3, -0.25) is 0 Å². The van der Waals surface area contributed by atoms with Crippen LogP contribution in [0, 0.1) is 5.92 Å². The lowest BCUT2D eigenvalue weighted by Gasteiger charge is -2.49. The number of hydrogen-bond donors (Lipinski definition) is 0. The van der Waals surface area contributed by atoms with Gasteiger partial charge in [-0.25, -0.2) is 0 Å². The van der Waals surface area contributed by atoms with Gasteiger partial charge in [-0.1, -0.05) is 36.4 Å². The fraction of sp³-hybridized carbons (Fsp3) is 0.500. The van der Waals surface area contributed by atoms with Crippen LogP contribution in [0.1, 0.15) is 36.8 Å². The smallest absolute Gasteiger partial charge is 0.0803 e. The molecule has 2 bridgehead atoms. The number of aryl methyl sites for hydroxylation is 2. The minimum Gasteiger partial charge on any atom is -0.341 e. The van der Waals surface area contributed by atoms with E-state index in [0.29, 0.717) is 0 Å². The van der Waals surface area contributed by atoms with E-state index in [2.05, 4.69) is 53.4 Å². The Hall–Kier alpha value is -1.80. The first-order chi connectivity index (χ1) is 12.8. The molecule has 136 valence electrons. The highest BCUT2D eigenvalue weighted by molar-refractivity contribution is 5.71. The van der Waals surface area contributed by atoms with Crippen LogP contribution in [-0.4, -0.2) is 37.2 Å². The Kier molecular flexibility index (Phi) is 4.24. The summed E-state index contributed by atoms with van der Waals surface area (Å²) in [6, 6.07) is 18.1. The zero-order valence-corrected chi connectivity index (χ0v) is 15.9. The molecule has 2 aromatic rings. The zero-order valence-electron chi connectivity index (χ0n) is 15.9. The van der Waals surface area contributed by atoms with E-state index in [-0.39, 0.29) is 0 Å². The van der Waals surface area contributed by atoms with Gasteiger partial charge in [0.05, 0.1) is 26.2 Å². The normalized spacial score (nSPS) is 26.9. The lowest BCUT2D eigenvalue weighted by Crippen LogP contribution is -2.58. The summed E-state index contributed by atoms with van der Waals surface area (Å²) in [4.78, 5) is 2.62. The Morgan fingerprint density at radius 1 is 0.769 bits per heavy atom. The number of fused-ring (bicyclic) bond motifs is 5. The summed E-state index contributed by atoms with van der Waals surface area (Å²) in [5.74, 6) is 1.05. The zero-order chi connectivity index (χ0) is 17.4. The van der Waals surface area contributed by atoms with Crippen LogP contribution < -0.4 is 4.90 Å². The fourth-order valence-electron chi connectivity index (χ4n) is 5.65. The van der Waals surface area contributed by atoms with E-state index < -0.39 is 0 Å². The molecule has 6 rings (SSSR count). The van der Waals surface area contributed by atoms with Gasteiger partial charge in [0.1, 0.15) is 0 Å². The number of quaternary nitrogens is 1. The van der Waals surface area contributed by atoms with Gasteiger partial charge >= 0.3 is 0 Å². The van der Waals surface area contributed by atoms with Crippen LogP contribution in [0.25, 0.3) is 0 Å². The Morgan fingerprint density at radius 3 is 1.88 bits per heavy atom. The van der Waals surface area contributed by atoms with Crippen LogP contribution in [0.3, 0.4) is 0 Å². The third-order valence-corrected chi connectivity index (χ3v) is 7.28. The summed E-state index contributed by atoms with van der Waals surface area (Å²) >= 11 is 0. The lowest BCUT2D eigenvalue weighted by molar-refractivity contribution is -0.942. The summed E-state index contributed by atoms with van der Waals surface area (Å²) in [7, 11) is 0. The summed E-state index contributed by atoms with van der Waals surface area (Å²) < 4.78 is 1.41. The molecular weight excluding hydrogens is 316 g/mol. The third kappa shape index (κ3) is 2.95. The van der Waals surface area contributed by atoms with Gasteiger partial charge < -0.3 is 9.38 Å². The second-order valence-electron chi connectivity index (χ2n) is 8.73. The van der Waals surface area contributed by atoms with E-state index in [1.54, 1.807) is 0 Å². The molecule has 0 aromatic heterocycles. The Morgan fingerprint density at radius 2 is 1.31 bits per heavy atom. The van der Waals surface area contributed by atoms with Crippen molar-refractivity contribution in [3.8, 4) is 0 Å². The molecule has 3 fully saturated rings. The lowest BCUT2D eigenvalue weighted by atomic mass is 9.85. The Bertz CT molecular complexity index is 712. The quantitative estimate of drug-likeness (QED) is 0.708. The van der Waals surface area contributed by atoms with Crippen LogP contribution >= 0.6 is 0 Å². The van der Waals surface area contributed by atoms with Crippen molar-refractivity contribution in [3.63, 3.8) is 0 Å². The number of anilines is 2. The number of para-hydroxylation sites is 2. The van der Waals surface area contributed by atoms with Gasteiger partial charge in [0.25, 0.3) is 0 Å². The first kappa shape index (κ1) is 16.4. The number of rotatable bonds is 4. The van der Waals surface area contributed by atoms with E-state index in [1.165, 1.54) is 78.8 Å². The van der Waals surface area contributed by atoms with Gasteiger partial charge in [-0.15, -0.1) is 0 Å². The van der Waals surface area contributed by atoms with Crippen molar-refractivity contribution in [2.45, 2.75) is 38.5 Å². The molecule has 0 N–H and O–H groups in total. The van der Waals surface area contributed by atoms with E-state index in [0.717, 1.165) is 25.3 Å². The maximum Gasteiger partial charge on any atom is 0.0803 e. The van der Waals surface area contributed by atoms with Crippen LogP contribution in [0.4, 0.5) is 11.4 Å². The molecular formula is C24H31N2+. The topological polar surface area (TPSA) is 3.24 Å². The first-order valence-electron chi connectivity index (χ1n) is 10.6. The predicted molar refractivity (Wildman–Crippen MR) is 109 cm³/mol. The van der Waals surface area contributed by atoms with Gasteiger partial charge in [0.2, 0.25) is 0 Å². The minimum absolute atomic E-state index is 1.05. The molecule has 4 aliphatic rings. The summed E-state index contributed by atoms with van der Waals surface area (Å²) in [5.41, 5.74) is 5.90. The van der Waals surface area contributed by atoms with Crippen molar-refractivity contribution in [1.29, 1.82) is 0 Å². The van der Waals surface area contributed by atoms with Gasteiger partial charge in [0, 0.05) is 24.3 Å². The largest absolute Gasteiger partial charge is 0.341 e. The Balaban J connectivity index is 1.37. The van der Waals surface area contributed by atoms with Gasteiger partial charge in [-0.05, 0) is 61.3 Å². The van der Waals surface area contributed by atoms with E-state index in [9.17, 15) is 0 Å². The first-order valence-corrected chi connectivity index (χ1v) is 10.6. The van der Waals surface area contributed by atoms with Gasteiger partial charge in [-0.2, -0.15) is 0 Å². The van der Waals surface area contributed by atoms with Crippen molar-refractivity contribution >= 4 is 11.4 Å². The van der Waals surface area contributed by atoms with Crippen LogP contribution in [-0.2, 0) is 12.8 Å². The number of benzene rings is 2. The van der Waals surface area contributed by atoms with E-state index in [1.807, 2.05) is 0 Å². The molecule has 2 nitrogen and oxygen atoms in total. The highest BCUT2D eigenvalue weighted by Crippen LogP contribution is 2.37. The molecule has 0 aliphatic carbocycles. The number of nitrogens with zero attached hydrogens (tertiary/aromatic N) is 2. The van der Waals surface area contributed by atoms with Crippen molar-refractivity contribution < 1.29 is 4.48 Å². The average molecular weight is 348 g/mol. The predicted octanol–water partition coefficient (Wildman–Crippen LogP) is 4.94. The number of piperidine rings is 3. The van der Waals surface area contributed by atoms with Crippen molar-refractivity contribution in [2.24, 2.45) is 5.92 Å². The third-order valence-electron chi connectivity index (χ3n) is 7.28. The van der Waals surface area contributed by atoms with E-state index in [4.69, 9.17) is 0 Å². The van der Waals surface area contributed by atoms with Crippen LogP contribution in [0.5, 0.6) is 0 Å². The maximum atomic E-state index is 2.62. The van der Waals surface area contributed by atoms with E-state index >= 15 is 0 Å². The highest BCUT2D eigenvalue weighted by Gasteiger charge is 2.39. The molecule has 4 aliphatic heterocycles. The molecule has 3 saturated heterocycles. The highest BCUT2D eigenvalue weighted by atomic mass is 15.4. The van der Waals surface area contributed by atoms with Crippen molar-refractivity contribution in [3.05, 3.63) is 59.7 Å². The second kappa shape index (κ2) is 6.74. The van der Waals surface area contributed by atoms with Crippen molar-refractivity contribution in [2.75, 3.05) is 37.6 Å². The molecule has 0 atom stereocenters. The molecule has 0 amide bonds. The SMILES string of the molecule is c1ccc2c(c1)CCc1ccccc1N2CCC[N+]12CCC(CC1)CC2. The number of hydrogen-bond acceptors (Lipinski definition) is 1. The summed E-state index contributed by atoms with van der Waals surface area (Å²) in [6.07, 6.45) is 8.06. The molecule has 4 heterocycles. The molecule has 0 saturated carbocycles. The minimum atomic E-state index is 1.05. The summed E-state index contributed by atoms with van der Waals surface area (Å²) in [5, 5.41) is 0. The maximum absolute atomic E-state index is 2.62. The monoisotopic (exact) mass is 347 g/mol. The standard InChI is InChI=1S/C24H31N2/c1-3-8-23-21(6-1)10-11-22-7-2-4-9-24(22)25(23)15-5-16-26-17-12-20(13-18-26)14-19-26/h1-4,6-9,20H,5,10-19H2/q+1. The average Bonchev–Trinajstić information content (AvgIpc) is 2.87. The Labute approximate surface area is 158 Å². The molecule has 0 radical (unpaired) electrons. The van der Waals surface area contributed by atoms with Crippen LogP contribution in [0.15, 0.2) is 48.5 Å². The van der Waals surface area contributed by atoms with Crippen LogP contribution in [0.2, 0.25) is 0 Å².